The first-order valence-corrected chi connectivity index (χ1v) is 16.1. The number of aromatic nitrogens is 3. The topological polar surface area (TPSA) is 171 Å². The lowest BCUT2D eigenvalue weighted by atomic mass is 9.99. The van der Waals surface area contributed by atoms with Gasteiger partial charge in [-0.1, -0.05) is 29.8 Å². The van der Waals surface area contributed by atoms with Crippen LogP contribution in [-0.4, -0.2) is 74.1 Å². The summed E-state index contributed by atoms with van der Waals surface area (Å²) in [7, 11) is 0. The van der Waals surface area contributed by atoms with Gasteiger partial charge in [-0.3, -0.25) is 19.1 Å². The van der Waals surface area contributed by atoms with Gasteiger partial charge in [-0.25, -0.2) is 34.2 Å². The number of hydrogen-bond donors (Lipinski definition) is 4. The summed E-state index contributed by atoms with van der Waals surface area (Å²) in [5.41, 5.74) is 9.30. The number of hydrazine groups is 1. The molecular weight excluding hydrogens is 667 g/mol. The highest BCUT2D eigenvalue weighted by Gasteiger charge is 2.45. The van der Waals surface area contributed by atoms with E-state index in [2.05, 4.69) is 25.9 Å². The van der Waals surface area contributed by atoms with Crippen molar-refractivity contribution < 1.29 is 23.6 Å². The average molecular weight is 695 g/mol. The maximum absolute atomic E-state index is 16.0. The van der Waals surface area contributed by atoms with E-state index in [4.69, 9.17) is 17.3 Å². The van der Waals surface area contributed by atoms with E-state index in [-0.39, 0.29) is 40.8 Å². The molecule has 5 heterocycles. The number of benzene rings is 3. The first-order chi connectivity index (χ1) is 24.2. The Bertz CT molecular complexity index is 2250. The molecule has 5 amide bonds. The fraction of sp³-hybridized carbons (Fsp3) is 0.176. The number of primary amides is 1. The third-order valence-electron chi connectivity index (χ3n) is 9.17. The number of hydrogen-bond acceptors (Lipinski definition) is 8. The van der Waals surface area contributed by atoms with Gasteiger partial charge in [-0.2, -0.15) is 0 Å². The Balaban J connectivity index is 1.05. The lowest BCUT2D eigenvalue weighted by Gasteiger charge is -2.41. The summed E-state index contributed by atoms with van der Waals surface area (Å²) in [5, 5.41) is 14.0. The molecule has 5 N–H and O–H groups in total. The predicted molar refractivity (Wildman–Crippen MR) is 183 cm³/mol. The van der Waals surface area contributed by atoms with Gasteiger partial charge in [0.1, 0.15) is 12.4 Å². The summed E-state index contributed by atoms with van der Waals surface area (Å²) in [5.74, 6) is -2.18. The molecule has 0 spiro atoms. The van der Waals surface area contributed by atoms with Crippen LogP contribution in [0.2, 0.25) is 5.02 Å². The van der Waals surface area contributed by atoms with Crippen molar-refractivity contribution in [2.24, 2.45) is 5.73 Å². The van der Waals surface area contributed by atoms with Gasteiger partial charge in [0.25, 0.3) is 11.8 Å². The highest BCUT2D eigenvalue weighted by atomic mass is 35.5. The summed E-state index contributed by atoms with van der Waals surface area (Å²) >= 11 is 6.60. The van der Waals surface area contributed by atoms with E-state index in [9.17, 15) is 19.2 Å². The van der Waals surface area contributed by atoms with E-state index >= 15 is 4.39 Å². The number of nitrogens with zero attached hydrogens (tertiary/aromatic N) is 6. The van der Waals surface area contributed by atoms with Crippen molar-refractivity contribution in [3.05, 3.63) is 101 Å². The van der Waals surface area contributed by atoms with Crippen molar-refractivity contribution in [3.8, 4) is 11.1 Å². The van der Waals surface area contributed by atoms with Gasteiger partial charge in [0, 0.05) is 59.2 Å². The standard InChI is InChI=1S/C34H28ClFN10O4/c35-29-20(5-6-22-24(29)15-40-32(22)48)21-2-1-3-26(30(21)36)42-33(49)28-8-9-43-10-11-44(34(50)46(28)43)45-16-25(31(37)47)23-12-18(4-7-27(23)45)41-19-13-38-17-39-14-19/h1-7,12-14,16-17,28,41H,8-11,15H2,(H2,37,47)(H,40,48)(H,42,49)/t28-/m0/s1. The van der Waals surface area contributed by atoms with Gasteiger partial charge < -0.3 is 21.7 Å². The molecule has 0 unspecified atom stereocenters. The van der Waals surface area contributed by atoms with Gasteiger partial charge >= 0.3 is 6.03 Å². The lowest BCUT2D eigenvalue weighted by molar-refractivity contribution is -0.122. The Kier molecular flexibility index (Phi) is 7.57. The molecule has 3 aliphatic heterocycles. The molecule has 3 aliphatic rings. The molecule has 2 fully saturated rings. The molecular formula is C34H28ClFN10O4. The Hall–Kier alpha value is -6.06. The second-order valence-electron chi connectivity index (χ2n) is 12.0. The Morgan fingerprint density at radius 1 is 0.980 bits per heavy atom. The zero-order chi connectivity index (χ0) is 34.7. The number of anilines is 3. The quantitative estimate of drug-likeness (QED) is 0.198. The molecule has 2 saturated heterocycles. The normalized spacial score (nSPS) is 17.1. The van der Waals surface area contributed by atoms with Crippen molar-refractivity contribution in [1.82, 2.24) is 30.0 Å². The van der Waals surface area contributed by atoms with Crippen molar-refractivity contribution in [3.63, 3.8) is 0 Å². The third-order valence-corrected chi connectivity index (χ3v) is 9.60. The van der Waals surface area contributed by atoms with E-state index in [0.29, 0.717) is 58.5 Å². The minimum atomic E-state index is -0.935. The Morgan fingerprint density at radius 2 is 1.78 bits per heavy atom. The first kappa shape index (κ1) is 31.2. The van der Waals surface area contributed by atoms with Crippen molar-refractivity contribution in [2.45, 2.75) is 19.0 Å². The molecule has 50 heavy (non-hydrogen) atoms. The molecule has 14 nitrogen and oxygen atoms in total. The van der Waals surface area contributed by atoms with Crippen molar-refractivity contribution in [2.75, 3.05) is 35.3 Å². The summed E-state index contributed by atoms with van der Waals surface area (Å²) in [6.07, 6.45) is 6.46. The number of urea groups is 1. The van der Waals surface area contributed by atoms with Crippen LogP contribution in [0.1, 0.15) is 32.7 Å². The molecule has 5 aromatic rings. The highest BCUT2D eigenvalue weighted by Crippen LogP contribution is 2.38. The van der Waals surface area contributed by atoms with Gasteiger partial charge in [-0.15, -0.1) is 0 Å². The maximum Gasteiger partial charge on any atom is 0.354 e. The highest BCUT2D eigenvalue weighted by molar-refractivity contribution is 6.35. The number of fused-ring (bicyclic) bond motifs is 3. The summed E-state index contributed by atoms with van der Waals surface area (Å²) < 4.78 is 17.5. The minimum Gasteiger partial charge on any atom is -0.366 e. The number of nitrogens with two attached hydrogens (primary N) is 1. The zero-order valence-corrected chi connectivity index (χ0v) is 26.9. The number of amides is 5. The van der Waals surface area contributed by atoms with E-state index in [1.54, 1.807) is 64.5 Å². The molecule has 0 bridgehead atoms. The van der Waals surface area contributed by atoms with Gasteiger partial charge in [-0.05, 0) is 36.8 Å². The number of halogens is 2. The smallest absolute Gasteiger partial charge is 0.354 e. The molecule has 3 aromatic carbocycles. The number of rotatable bonds is 7. The van der Waals surface area contributed by atoms with Gasteiger partial charge in [0.05, 0.1) is 46.4 Å². The van der Waals surface area contributed by atoms with Gasteiger partial charge in [0.15, 0.2) is 5.82 Å². The Morgan fingerprint density at radius 3 is 2.58 bits per heavy atom. The zero-order valence-electron chi connectivity index (χ0n) is 26.2. The monoisotopic (exact) mass is 694 g/mol. The van der Waals surface area contributed by atoms with E-state index in [0.717, 1.165) is 0 Å². The van der Waals surface area contributed by atoms with Crippen LogP contribution in [-0.2, 0) is 11.3 Å². The fourth-order valence-electron chi connectivity index (χ4n) is 6.79. The second-order valence-corrected chi connectivity index (χ2v) is 12.4. The van der Waals surface area contributed by atoms with Crippen LogP contribution >= 0.6 is 11.6 Å². The Labute approximate surface area is 288 Å². The summed E-state index contributed by atoms with van der Waals surface area (Å²) in [6, 6.07) is 11.6. The third kappa shape index (κ3) is 5.14. The van der Waals surface area contributed by atoms with Crippen LogP contribution in [0.5, 0.6) is 0 Å². The van der Waals surface area contributed by atoms with Crippen LogP contribution in [0.3, 0.4) is 0 Å². The van der Waals surface area contributed by atoms with E-state index < -0.39 is 29.7 Å². The van der Waals surface area contributed by atoms with E-state index in [1.165, 1.54) is 28.6 Å². The minimum absolute atomic E-state index is 0.0768. The second kappa shape index (κ2) is 12.1. The molecule has 0 aliphatic carbocycles. The average Bonchev–Trinajstić information content (AvgIpc) is 3.83. The number of carbonyl (C=O) groups excluding carboxylic acids is 4. The van der Waals surface area contributed by atoms with Gasteiger partial charge in [0.2, 0.25) is 5.91 Å². The number of nitrogens with one attached hydrogen (secondary N) is 3. The van der Waals surface area contributed by atoms with Crippen molar-refractivity contribution >= 4 is 63.3 Å². The first-order valence-electron chi connectivity index (χ1n) is 15.7. The molecule has 2 aromatic heterocycles. The molecule has 252 valence electrons. The maximum atomic E-state index is 16.0. The molecule has 0 radical (unpaired) electrons. The van der Waals surface area contributed by atoms with Crippen LogP contribution < -0.4 is 26.7 Å². The SMILES string of the molecule is NC(=O)c1cn(N2CCN3CC[C@@H](C(=O)Nc4cccc(-c5ccc6c(c5Cl)CNC6=O)c4F)N3C2=O)c2ccc(Nc3cncnc3)cc12. The van der Waals surface area contributed by atoms with Crippen LogP contribution in [0.25, 0.3) is 22.0 Å². The number of carbonyl (C=O) groups is 4. The van der Waals surface area contributed by atoms with Crippen LogP contribution in [0, 0.1) is 5.82 Å². The van der Waals surface area contributed by atoms with Crippen LogP contribution in [0.15, 0.2) is 73.4 Å². The van der Waals surface area contributed by atoms with E-state index in [1.807, 2.05) is 0 Å². The summed E-state index contributed by atoms with van der Waals surface area (Å²) in [6.45, 7) is 1.36. The van der Waals surface area contributed by atoms with Crippen molar-refractivity contribution in [1.29, 1.82) is 0 Å². The molecule has 1 atom stereocenters. The fourth-order valence-corrected chi connectivity index (χ4v) is 7.12. The largest absolute Gasteiger partial charge is 0.366 e. The van der Waals surface area contributed by atoms with Crippen LogP contribution in [0.4, 0.5) is 26.2 Å². The predicted octanol–water partition coefficient (Wildman–Crippen LogP) is 3.98. The molecule has 8 rings (SSSR count). The lowest BCUT2D eigenvalue weighted by Crippen LogP contribution is -2.63. The summed E-state index contributed by atoms with van der Waals surface area (Å²) in [4.78, 5) is 60.4. The molecule has 16 heteroatoms. The molecule has 0 saturated carbocycles.